The highest BCUT2D eigenvalue weighted by Crippen LogP contribution is 2.36. The minimum Gasteiger partial charge on any atom is -0.493 e. The highest BCUT2D eigenvalue weighted by Gasteiger charge is 2.41. The zero-order valence-corrected chi connectivity index (χ0v) is 21.3. The van der Waals surface area contributed by atoms with Gasteiger partial charge in [-0.05, 0) is 74.6 Å². The fraction of sp³-hybridized carbons (Fsp3) is 0.462. The minimum atomic E-state index is -0.474. The Morgan fingerprint density at radius 1 is 0.853 bits per heavy atom. The van der Waals surface area contributed by atoms with Crippen LogP contribution in [0.25, 0.3) is 0 Å². The molecule has 0 saturated carbocycles. The predicted octanol–water partition coefficient (Wildman–Crippen LogP) is 6.35. The van der Waals surface area contributed by atoms with Gasteiger partial charge in [-0.1, -0.05) is 34.8 Å². The molecule has 0 radical (unpaired) electrons. The van der Waals surface area contributed by atoms with E-state index in [2.05, 4.69) is 0 Å². The van der Waals surface area contributed by atoms with Crippen molar-refractivity contribution in [2.45, 2.75) is 38.5 Å². The first-order chi connectivity index (χ1) is 16.3. The molecule has 8 heteroatoms. The zero-order chi connectivity index (χ0) is 24.1. The first kappa shape index (κ1) is 25.2. The number of halogens is 3. The standard InChI is InChI=1S/C26H29Cl3N2O3/c27-20-6-8-21(9-7-20)34-18-26(16-24(32)30-12-2-1-3-13-30)11-4-14-31(17-26)25(33)19-5-10-22(28)23(29)15-19/h5-10,15H,1-4,11-14,16-18H2. The second-order valence-corrected chi connectivity index (χ2v) is 10.6. The number of carbonyl (C=O) groups is 2. The Bertz CT molecular complexity index is 1020. The van der Waals surface area contributed by atoms with E-state index in [0.717, 1.165) is 38.8 Å². The molecule has 2 aromatic carbocycles. The van der Waals surface area contributed by atoms with Gasteiger partial charge >= 0.3 is 0 Å². The predicted molar refractivity (Wildman–Crippen MR) is 136 cm³/mol. The Hall–Kier alpha value is -1.95. The molecule has 2 saturated heterocycles. The normalized spacial score (nSPS) is 20.8. The van der Waals surface area contributed by atoms with Crippen LogP contribution in [-0.2, 0) is 4.79 Å². The molecule has 182 valence electrons. The third-order valence-electron chi connectivity index (χ3n) is 6.71. The summed E-state index contributed by atoms with van der Waals surface area (Å²) in [6.07, 6.45) is 5.21. The molecule has 34 heavy (non-hydrogen) atoms. The maximum Gasteiger partial charge on any atom is 0.253 e. The topological polar surface area (TPSA) is 49.9 Å². The number of hydrogen-bond acceptors (Lipinski definition) is 3. The lowest BCUT2D eigenvalue weighted by atomic mass is 9.77. The van der Waals surface area contributed by atoms with Crippen molar-refractivity contribution in [3.8, 4) is 5.75 Å². The van der Waals surface area contributed by atoms with Crippen molar-refractivity contribution in [1.82, 2.24) is 9.80 Å². The molecule has 5 nitrogen and oxygen atoms in total. The molecule has 1 atom stereocenters. The molecule has 1 unspecified atom stereocenters. The Balaban J connectivity index is 1.53. The SMILES string of the molecule is O=C(CC1(COc2ccc(Cl)cc2)CCCN(C(=O)c2ccc(Cl)c(Cl)c2)C1)N1CCCCC1. The zero-order valence-electron chi connectivity index (χ0n) is 19.1. The fourth-order valence-corrected chi connectivity index (χ4v) is 5.27. The Kier molecular flexibility index (Phi) is 8.28. The van der Waals surface area contributed by atoms with E-state index in [0.29, 0.717) is 52.5 Å². The van der Waals surface area contributed by atoms with Crippen LogP contribution in [0, 0.1) is 5.41 Å². The molecular formula is C26H29Cl3N2O3. The van der Waals surface area contributed by atoms with Gasteiger partial charge in [-0.3, -0.25) is 9.59 Å². The van der Waals surface area contributed by atoms with Crippen molar-refractivity contribution in [1.29, 1.82) is 0 Å². The summed E-state index contributed by atoms with van der Waals surface area (Å²) in [4.78, 5) is 30.4. The number of hydrogen-bond donors (Lipinski definition) is 0. The first-order valence-electron chi connectivity index (χ1n) is 11.8. The Morgan fingerprint density at radius 3 is 2.26 bits per heavy atom. The number of likely N-dealkylation sites (tertiary alicyclic amines) is 2. The monoisotopic (exact) mass is 522 g/mol. The number of rotatable bonds is 6. The lowest BCUT2D eigenvalue weighted by molar-refractivity contribution is -0.136. The third-order valence-corrected chi connectivity index (χ3v) is 7.70. The number of benzene rings is 2. The largest absolute Gasteiger partial charge is 0.493 e. The van der Waals surface area contributed by atoms with Crippen molar-refractivity contribution in [3.05, 3.63) is 63.1 Å². The second-order valence-electron chi connectivity index (χ2n) is 9.32. The molecule has 0 aromatic heterocycles. The van der Waals surface area contributed by atoms with Crippen LogP contribution in [0.5, 0.6) is 5.75 Å². The maximum absolute atomic E-state index is 13.3. The van der Waals surface area contributed by atoms with E-state index in [1.807, 2.05) is 21.9 Å². The van der Waals surface area contributed by atoms with Crippen molar-refractivity contribution < 1.29 is 14.3 Å². The van der Waals surface area contributed by atoms with Gasteiger partial charge in [-0.2, -0.15) is 0 Å². The first-order valence-corrected chi connectivity index (χ1v) is 12.9. The molecule has 4 rings (SSSR count). The van der Waals surface area contributed by atoms with E-state index in [1.54, 1.807) is 30.3 Å². The number of amides is 2. The fourth-order valence-electron chi connectivity index (χ4n) is 4.85. The van der Waals surface area contributed by atoms with E-state index in [9.17, 15) is 9.59 Å². The summed E-state index contributed by atoms with van der Waals surface area (Å²) in [5, 5.41) is 1.40. The number of piperidine rings is 2. The molecule has 2 fully saturated rings. The quantitative estimate of drug-likeness (QED) is 0.443. The molecule has 2 aliphatic rings. The molecule has 2 aliphatic heterocycles. The van der Waals surface area contributed by atoms with E-state index >= 15 is 0 Å². The van der Waals surface area contributed by atoms with Crippen molar-refractivity contribution in [2.75, 3.05) is 32.8 Å². The summed E-state index contributed by atoms with van der Waals surface area (Å²) in [5.74, 6) is 0.727. The van der Waals surface area contributed by atoms with Crippen LogP contribution in [0.2, 0.25) is 15.1 Å². The highest BCUT2D eigenvalue weighted by molar-refractivity contribution is 6.42. The highest BCUT2D eigenvalue weighted by atomic mass is 35.5. The van der Waals surface area contributed by atoms with Gasteiger partial charge in [0.1, 0.15) is 5.75 Å². The maximum atomic E-state index is 13.3. The van der Waals surface area contributed by atoms with Crippen LogP contribution in [0.4, 0.5) is 0 Å². The number of nitrogens with zero attached hydrogens (tertiary/aromatic N) is 2. The Morgan fingerprint density at radius 2 is 1.56 bits per heavy atom. The van der Waals surface area contributed by atoms with Gasteiger partial charge < -0.3 is 14.5 Å². The number of ether oxygens (including phenoxy) is 1. The van der Waals surface area contributed by atoms with Crippen LogP contribution in [0.15, 0.2) is 42.5 Å². The van der Waals surface area contributed by atoms with Gasteiger partial charge in [0, 0.05) is 48.6 Å². The van der Waals surface area contributed by atoms with E-state index in [1.165, 1.54) is 6.42 Å². The van der Waals surface area contributed by atoms with Crippen LogP contribution in [-0.4, -0.2) is 54.4 Å². The van der Waals surface area contributed by atoms with E-state index in [4.69, 9.17) is 39.5 Å². The molecule has 0 spiro atoms. The number of carbonyl (C=O) groups excluding carboxylic acids is 2. The van der Waals surface area contributed by atoms with E-state index < -0.39 is 5.41 Å². The second kappa shape index (κ2) is 11.2. The summed E-state index contributed by atoms with van der Waals surface area (Å²) in [6.45, 7) is 3.02. The average molecular weight is 524 g/mol. The van der Waals surface area contributed by atoms with Crippen LogP contribution >= 0.6 is 34.8 Å². The molecule has 0 N–H and O–H groups in total. The summed E-state index contributed by atoms with van der Waals surface area (Å²) in [6, 6.07) is 12.1. The molecule has 0 bridgehead atoms. The van der Waals surface area contributed by atoms with Gasteiger partial charge in [-0.15, -0.1) is 0 Å². The Labute approximate surface area is 215 Å². The van der Waals surface area contributed by atoms with Crippen LogP contribution in [0.1, 0.15) is 48.9 Å². The molecule has 2 heterocycles. The van der Waals surface area contributed by atoms with Crippen LogP contribution in [0.3, 0.4) is 0 Å². The van der Waals surface area contributed by atoms with Crippen molar-refractivity contribution in [2.24, 2.45) is 5.41 Å². The van der Waals surface area contributed by atoms with Crippen molar-refractivity contribution >= 4 is 46.6 Å². The smallest absolute Gasteiger partial charge is 0.253 e. The molecule has 2 aromatic rings. The third kappa shape index (κ3) is 6.18. The summed E-state index contributed by atoms with van der Waals surface area (Å²) < 4.78 is 6.15. The van der Waals surface area contributed by atoms with Gasteiger partial charge in [0.25, 0.3) is 5.91 Å². The summed E-state index contributed by atoms with van der Waals surface area (Å²) in [7, 11) is 0. The average Bonchev–Trinajstić information content (AvgIpc) is 2.85. The molecule has 2 amide bonds. The van der Waals surface area contributed by atoms with Gasteiger partial charge in [0.2, 0.25) is 5.91 Å². The van der Waals surface area contributed by atoms with Crippen molar-refractivity contribution in [3.63, 3.8) is 0 Å². The van der Waals surface area contributed by atoms with Gasteiger partial charge in [0.15, 0.2) is 0 Å². The lowest BCUT2D eigenvalue weighted by Crippen LogP contribution is -2.51. The van der Waals surface area contributed by atoms with E-state index in [-0.39, 0.29) is 11.8 Å². The van der Waals surface area contributed by atoms with Gasteiger partial charge in [0.05, 0.1) is 16.7 Å². The van der Waals surface area contributed by atoms with Crippen LogP contribution < -0.4 is 4.74 Å². The minimum absolute atomic E-state index is 0.112. The molecule has 0 aliphatic carbocycles. The van der Waals surface area contributed by atoms with Gasteiger partial charge in [-0.25, -0.2) is 0 Å². The summed E-state index contributed by atoms with van der Waals surface area (Å²) in [5.41, 5.74) is 0.0179. The molecular weight excluding hydrogens is 495 g/mol. The summed E-state index contributed by atoms with van der Waals surface area (Å²) >= 11 is 18.2. The lowest BCUT2D eigenvalue weighted by Gasteiger charge is -2.43.